The summed E-state index contributed by atoms with van der Waals surface area (Å²) in [6, 6.07) is 3.51. The Kier molecular flexibility index (Phi) is 4.57. The van der Waals surface area contributed by atoms with Crippen LogP contribution in [0.15, 0.2) is 29.9 Å². The van der Waals surface area contributed by atoms with Gasteiger partial charge in [0.05, 0.1) is 5.54 Å². The lowest BCUT2D eigenvalue weighted by molar-refractivity contribution is 0.0902. The molecule has 2 heterocycles. The Balaban J connectivity index is 2.22. The molecule has 0 saturated carbocycles. The molecule has 2 aromatic rings. The number of carbonyl (C=O) groups excluding carboxylic acids is 1. The van der Waals surface area contributed by atoms with Crippen LogP contribution in [0.3, 0.4) is 0 Å². The third-order valence-corrected chi connectivity index (χ3v) is 4.50. The van der Waals surface area contributed by atoms with E-state index in [-0.39, 0.29) is 5.91 Å². The molecule has 0 aliphatic rings. The van der Waals surface area contributed by atoms with Gasteiger partial charge in [-0.3, -0.25) is 4.79 Å². The van der Waals surface area contributed by atoms with Gasteiger partial charge in [-0.2, -0.15) is 0 Å². The van der Waals surface area contributed by atoms with Crippen LogP contribution in [-0.2, 0) is 5.54 Å². The van der Waals surface area contributed by atoms with Crippen LogP contribution in [0.4, 0.5) is 5.82 Å². The van der Waals surface area contributed by atoms with Gasteiger partial charge in [0.15, 0.2) is 0 Å². The number of aromatic nitrogens is 2. The van der Waals surface area contributed by atoms with Crippen molar-refractivity contribution < 1.29 is 4.79 Å². The van der Waals surface area contributed by atoms with E-state index in [0.717, 1.165) is 17.2 Å². The van der Waals surface area contributed by atoms with Gasteiger partial charge in [-0.1, -0.05) is 6.92 Å². The third kappa shape index (κ3) is 3.39. The Labute approximate surface area is 129 Å². The average Bonchev–Trinajstić information content (AvgIpc) is 3.02. The number of nitrogens with zero attached hydrogens (tertiary/aromatic N) is 3. The molecular weight excluding hydrogens is 284 g/mol. The van der Waals surface area contributed by atoms with E-state index in [1.54, 1.807) is 35.9 Å². The fourth-order valence-electron chi connectivity index (χ4n) is 1.92. The first-order valence-corrected chi connectivity index (χ1v) is 7.70. The number of amides is 1. The van der Waals surface area contributed by atoms with Gasteiger partial charge >= 0.3 is 0 Å². The Morgan fingerprint density at radius 3 is 2.71 bits per heavy atom. The summed E-state index contributed by atoms with van der Waals surface area (Å²) in [6.45, 7) is 4.04. The quantitative estimate of drug-likeness (QED) is 0.922. The predicted molar refractivity (Wildman–Crippen MR) is 85.8 cm³/mol. The number of anilines is 1. The molecule has 1 N–H and O–H groups in total. The SMILES string of the molecule is CC[C@@](C)(NC(=O)c1ccnc(N(C)C)c1)c1nccs1. The topological polar surface area (TPSA) is 58.1 Å². The fourth-order valence-corrected chi connectivity index (χ4v) is 2.74. The van der Waals surface area contributed by atoms with Crippen LogP contribution < -0.4 is 10.2 Å². The van der Waals surface area contributed by atoms with Gasteiger partial charge in [-0.25, -0.2) is 9.97 Å². The largest absolute Gasteiger partial charge is 0.363 e. The molecule has 5 nitrogen and oxygen atoms in total. The molecule has 0 bridgehead atoms. The molecule has 0 saturated heterocycles. The van der Waals surface area contributed by atoms with Crippen molar-refractivity contribution in [3.63, 3.8) is 0 Å². The third-order valence-electron chi connectivity index (χ3n) is 3.47. The van der Waals surface area contributed by atoms with E-state index in [1.165, 1.54) is 0 Å². The molecule has 0 unspecified atom stereocenters. The van der Waals surface area contributed by atoms with Crippen molar-refractivity contribution >= 4 is 23.1 Å². The van der Waals surface area contributed by atoms with Gasteiger partial charge in [0.1, 0.15) is 10.8 Å². The number of pyridine rings is 1. The van der Waals surface area contributed by atoms with Crippen molar-refractivity contribution in [1.82, 2.24) is 15.3 Å². The first-order valence-electron chi connectivity index (χ1n) is 6.82. The van der Waals surface area contributed by atoms with Crippen molar-refractivity contribution in [3.8, 4) is 0 Å². The zero-order valence-corrected chi connectivity index (χ0v) is 13.6. The number of thiazole rings is 1. The van der Waals surface area contributed by atoms with Crippen LogP contribution in [0.25, 0.3) is 0 Å². The summed E-state index contributed by atoms with van der Waals surface area (Å²) in [7, 11) is 3.80. The lowest BCUT2D eigenvalue weighted by Crippen LogP contribution is -2.43. The molecule has 21 heavy (non-hydrogen) atoms. The summed E-state index contributed by atoms with van der Waals surface area (Å²) in [5.41, 5.74) is 0.150. The molecule has 0 radical (unpaired) electrons. The molecule has 6 heteroatoms. The summed E-state index contributed by atoms with van der Waals surface area (Å²) >= 11 is 1.55. The van der Waals surface area contributed by atoms with Crippen molar-refractivity contribution in [1.29, 1.82) is 0 Å². The van der Waals surface area contributed by atoms with E-state index in [0.29, 0.717) is 5.56 Å². The number of hydrogen-bond donors (Lipinski definition) is 1. The van der Waals surface area contributed by atoms with Crippen molar-refractivity contribution in [2.75, 3.05) is 19.0 Å². The maximum Gasteiger partial charge on any atom is 0.252 e. The summed E-state index contributed by atoms with van der Waals surface area (Å²) in [5, 5.41) is 5.93. The molecule has 0 aliphatic carbocycles. The van der Waals surface area contributed by atoms with E-state index in [9.17, 15) is 4.79 Å². The van der Waals surface area contributed by atoms with Gasteiger partial charge in [0.25, 0.3) is 5.91 Å². The van der Waals surface area contributed by atoms with Crippen molar-refractivity contribution in [2.24, 2.45) is 0 Å². The number of nitrogens with one attached hydrogen (secondary N) is 1. The fraction of sp³-hybridized carbons (Fsp3) is 0.400. The van der Waals surface area contributed by atoms with Gasteiger partial charge in [0, 0.05) is 37.4 Å². The van der Waals surface area contributed by atoms with Crippen LogP contribution in [0.2, 0.25) is 0 Å². The highest BCUT2D eigenvalue weighted by atomic mass is 32.1. The van der Waals surface area contributed by atoms with Crippen molar-refractivity contribution in [3.05, 3.63) is 40.5 Å². The Bertz CT molecular complexity index is 612. The first-order chi connectivity index (χ1) is 9.96. The van der Waals surface area contributed by atoms with Crippen LogP contribution in [-0.4, -0.2) is 30.0 Å². The Hall–Kier alpha value is -1.95. The minimum Gasteiger partial charge on any atom is -0.363 e. The molecular formula is C15H20N4OS. The zero-order chi connectivity index (χ0) is 15.5. The summed E-state index contributed by atoms with van der Waals surface area (Å²) in [6.07, 6.45) is 4.19. The van der Waals surface area contributed by atoms with Gasteiger partial charge < -0.3 is 10.2 Å². The van der Waals surface area contributed by atoms with Gasteiger partial charge in [-0.15, -0.1) is 11.3 Å². The number of hydrogen-bond acceptors (Lipinski definition) is 5. The normalized spacial score (nSPS) is 13.5. The smallest absolute Gasteiger partial charge is 0.252 e. The van der Waals surface area contributed by atoms with Crippen LogP contribution in [0.5, 0.6) is 0 Å². The van der Waals surface area contributed by atoms with E-state index in [2.05, 4.69) is 15.3 Å². The lowest BCUT2D eigenvalue weighted by Gasteiger charge is -2.27. The molecule has 0 fully saturated rings. The lowest BCUT2D eigenvalue weighted by atomic mass is 9.99. The molecule has 0 spiro atoms. The summed E-state index contributed by atoms with van der Waals surface area (Å²) in [5.74, 6) is 0.648. The maximum absolute atomic E-state index is 12.5. The van der Waals surface area contributed by atoms with E-state index in [1.807, 2.05) is 38.2 Å². The second-order valence-electron chi connectivity index (χ2n) is 5.27. The maximum atomic E-state index is 12.5. The molecule has 1 atom stereocenters. The van der Waals surface area contributed by atoms with Crippen LogP contribution in [0, 0.1) is 0 Å². The highest BCUT2D eigenvalue weighted by Gasteiger charge is 2.29. The van der Waals surface area contributed by atoms with E-state index < -0.39 is 5.54 Å². The average molecular weight is 304 g/mol. The number of carbonyl (C=O) groups is 1. The predicted octanol–water partition coefficient (Wildman–Crippen LogP) is 2.66. The van der Waals surface area contributed by atoms with E-state index >= 15 is 0 Å². The second kappa shape index (κ2) is 6.22. The summed E-state index contributed by atoms with van der Waals surface area (Å²) in [4.78, 5) is 22.9. The Morgan fingerprint density at radius 1 is 1.38 bits per heavy atom. The molecule has 0 aromatic carbocycles. The van der Waals surface area contributed by atoms with Gasteiger partial charge in [0.2, 0.25) is 0 Å². The standard InChI is InChI=1S/C15H20N4OS/c1-5-15(2,14-17-8-9-21-14)18-13(20)11-6-7-16-12(10-11)19(3)4/h6-10H,5H2,1-4H3,(H,18,20)/t15-/m1/s1. The monoisotopic (exact) mass is 304 g/mol. The molecule has 1 amide bonds. The molecule has 0 aliphatic heterocycles. The number of rotatable bonds is 5. The molecule has 112 valence electrons. The van der Waals surface area contributed by atoms with Crippen molar-refractivity contribution in [2.45, 2.75) is 25.8 Å². The zero-order valence-electron chi connectivity index (χ0n) is 12.8. The highest BCUT2D eigenvalue weighted by molar-refractivity contribution is 7.09. The minimum atomic E-state index is -0.452. The molecule has 2 rings (SSSR count). The second-order valence-corrected chi connectivity index (χ2v) is 6.17. The first kappa shape index (κ1) is 15.4. The summed E-state index contributed by atoms with van der Waals surface area (Å²) < 4.78 is 0. The van der Waals surface area contributed by atoms with Gasteiger partial charge in [-0.05, 0) is 25.5 Å². The molecule has 2 aromatic heterocycles. The Morgan fingerprint density at radius 2 is 2.14 bits per heavy atom. The van der Waals surface area contributed by atoms with Crippen LogP contribution >= 0.6 is 11.3 Å². The minimum absolute atomic E-state index is 0.111. The van der Waals surface area contributed by atoms with Crippen LogP contribution in [0.1, 0.15) is 35.6 Å². The highest BCUT2D eigenvalue weighted by Crippen LogP contribution is 2.26. The van der Waals surface area contributed by atoms with E-state index in [4.69, 9.17) is 0 Å².